The third-order valence-electron chi connectivity index (χ3n) is 3.06. The molecule has 0 fully saturated rings. The summed E-state index contributed by atoms with van der Waals surface area (Å²) in [5.74, 6) is -2.17. The molecule has 0 aliphatic carbocycles. The smallest absolute Gasteiger partial charge is 0.231 e. The molecule has 0 saturated carbocycles. The van der Waals surface area contributed by atoms with Crippen LogP contribution in [-0.2, 0) is 11.2 Å². The molecule has 2 aromatic carbocycles. The molecule has 21 heavy (non-hydrogen) atoms. The standard InChI is InChI=1S/C15H13BrF2N2O/c1-20(14-5-3-10(16)8-13(14)19)15(21)7-9-2-4-11(17)12(18)6-9/h2-6,8H,7,19H2,1H3. The molecule has 0 aliphatic heterocycles. The molecule has 0 spiro atoms. The maximum atomic E-state index is 13.1. The lowest BCUT2D eigenvalue weighted by atomic mass is 10.1. The lowest BCUT2D eigenvalue weighted by Gasteiger charge is -2.19. The largest absolute Gasteiger partial charge is 0.397 e. The topological polar surface area (TPSA) is 46.3 Å². The number of carbonyl (C=O) groups is 1. The van der Waals surface area contributed by atoms with Gasteiger partial charge in [-0.3, -0.25) is 4.79 Å². The molecular weight excluding hydrogens is 342 g/mol. The number of nitrogens with two attached hydrogens (primary N) is 1. The number of amides is 1. The van der Waals surface area contributed by atoms with Gasteiger partial charge in [0.05, 0.1) is 17.8 Å². The normalized spacial score (nSPS) is 10.5. The van der Waals surface area contributed by atoms with E-state index in [-0.39, 0.29) is 12.3 Å². The molecule has 3 nitrogen and oxygen atoms in total. The van der Waals surface area contributed by atoms with Gasteiger partial charge in [-0.2, -0.15) is 0 Å². The Hall–Kier alpha value is -1.95. The van der Waals surface area contributed by atoms with Crippen LogP contribution in [0.25, 0.3) is 0 Å². The fourth-order valence-electron chi connectivity index (χ4n) is 1.91. The number of benzene rings is 2. The number of nitrogens with zero attached hydrogens (tertiary/aromatic N) is 1. The molecule has 6 heteroatoms. The summed E-state index contributed by atoms with van der Waals surface area (Å²) in [7, 11) is 1.59. The molecule has 0 atom stereocenters. The van der Waals surface area contributed by atoms with E-state index in [1.165, 1.54) is 11.0 Å². The van der Waals surface area contributed by atoms with Crippen LogP contribution in [0.4, 0.5) is 20.2 Å². The SMILES string of the molecule is CN(C(=O)Cc1ccc(F)c(F)c1)c1ccc(Br)cc1N. The Morgan fingerprint density at radius 1 is 1.19 bits per heavy atom. The van der Waals surface area contributed by atoms with Gasteiger partial charge in [0, 0.05) is 11.5 Å². The monoisotopic (exact) mass is 354 g/mol. The molecule has 0 aromatic heterocycles. The van der Waals surface area contributed by atoms with Gasteiger partial charge >= 0.3 is 0 Å². The second kappa shape index (κ2) is 6.22. The first-order valence-corrected chi connectivity index (χ1v) is 6.93. The zero-order valence-corrected chi connectivity index (χ0v) is 12.8. The highest BCUT2D eigenvalue weighted by atomic mass is 79.9. The summed E-state index contributed by atoms with van der Waals surface area (Å²) in [6.45, 7) is 0. The zero-order valence-electron chi connectivity index (χ0n) is 11.2. The summed E-state index contributed by atoms with van der Waals surface area (Å²) in [5, 5.41) is 0. The quantitative estimate of drug-likeness (QED) is 0.857. The molecule has 110 valence electrons. The zero-order chi connectivity index (χ0) is 15.6. The van der Waals surface area contributed by atoms with Crippen LogP contribution in [0.3, 0.4) is 0 Å². The van der Waals surface area contributed by atoms with Crippen LogP contribution >= 0.6 is 15.9 Å². The molecule has 0 bridgehead atoms. The van der Waals surface area contributed by atoms with Crippen LogP contribution in [0.5, 0.6) is 0 Å². The van der Waals surface area contributed by atoms with Crippen molar-refractivity contribution < 1.29 is 13.6 Å². The first-order chi connectivity index (χ1) is 9.88. The van der Waals surface area contributed by atoms with Crippen molar-refractivity contribution in [2.75, 3.05) is 17.7 Å². The van der Waals surface area contributed by atoms with E-state index in [1.54, 1.807) is 25.2 Å². The Kier molecular flexibility index (Phi) is 4.57. The van der Waals surface area contributed by atoms with E-state index in [0.29, 0.717) is 16.9 Å². The highest BCUT2D eigenvalue weighted by molar-refractivity contribution is 9.10. The van der Waals surface area contributed by atoms with Crippen molar-refractivity contribution in [1.29, 1.82) is 0 Å². The summed E-state index contributed by atoms with van der Waals surface area (Å²) >= 11 is 3.29. The van der Waals surface area contributed by atoms with Crippen molar-refractivity contribution >= 4 is 33.2 Å². The van der Waals surface area contributed by atoms with E-state index in [0.717, 1.165) is 16.6 Å². The van der Waals surface area contributed by atoms with Gasteiger partial charge in [0.25, 0.3) is 0 Å². The van der Waals surface area contributed by atoms with Crippen LogP contribution in [0.1, 0.15) is 5.56 Å². The number of likely N-dealkylation sites (N-methyl/N-ethyl adjacent to an activating group) is 1. The highest BCUT2D eigenvalue weighted by Crippen LogP contribution is 2.26. The molecule has 2 rings (SSSR count). The Labute approximate surface area is 129 Å². The fourth-order valence-corrected chi connectivity index (χ4v) is 2.29. The third-order valence-corrected chi connectivity index (χ3v) is 3.56. The van der Waals surface area contributed by atoms with E-state index in [9.17, 15) is 13.6 Å². The number of anilines is 2. The second-order valence-corrected chi connectivity index (χ2v) is 5.50. The van der Waals surface area contributed by atoms with E-state index >= 15 is 0 Å². The average Bonchev–Trinajstić information content (AvgIpc) is 2.42. The van der Waals surface area contributed by atoms with Gasteiger partial charge in [-0.05, 0) is 35.9 Å². The van der Waals surface area contributed by atoms with Crippen molar-refractivity contribution in [2.24, 2.45) is 0 Å². The first-order valence-electron chi connectivity index (χ1n) is 6.14. The minimum atomic E-state index is -0.967. The lowest BCUT2D eigenvalue weighted by Crippen LogP contribution is -2.28. The van der Waals surface area contributed by atoms with Gasteiger partial charge in [0.2, 0.25) is 5.91 Å². The first kappa shape index (κ1) is 15.4. The molecule has 0 aliphatic rings. The number of hydrogen-bond donors (Lipinski definition) is 1. The van der Waals surface area contributed by atoms with Gasteiger partial charge in [-0.15, -0.1) is 0 Å². The van der Waals surface area contributed by atoms with Crippen LogP contribution in [0, 0.1) is 11.6 Å². The van der Waals surface area contributed by atoms with E-state index < -0.39 is 11.6 Å². The molecule has 0 radical (unpaired) electrons. The van der Waals surface area contributed by atoms with E-state index in [4.69, 9.17) is 5.73 Å². The molecule has 0 unspecified atom stereocenters. The van der Waals surface area contributed by atoms with Crippen molar-refractivity contribution in [2.45, 2.75) is 6.42 Å². The van der Waals surface area contributed by atoms with Crippen LogP contribution in [0.15, 0.2) is 40.9 Å². The molecular formula is C15H13BrF2N2O. The number of carbonyl (C=O) groups excluding carboxylic acids is 1. The number of nitrogen functional groups attached to an aromatic ring is 1. The third kappa shape index (κ3) is 3.58. The van der Waals surface area contributed by atoms with Crippen LogP contribution < -0.4 is 10.6 Å². The van der Waals surface area contributed by atoms with Crippen molar-refractivity contribution in [1.82, 2.24) is 0 Å². The lowest BCUT2D eigenvalue weighted by molar-refractivity contribution is -0.117. The maximum absolute atomic E-state index is 13.1. The van der Waals surface area contributed by atoms with Gasteiger partial charge in [0.1, 0.15) is 0 Å². The van der Waals surface area contributed by atoms with Crippen LogP contribution in [0.2, 0.25) is 0 Å². The Morgan fingerprint density at radius 2 is 1.90 bits per heavy atom. The second-order valence-electron chi connectivity index (χ2n) is 4.58. The van der Waals surface area contributed by atoms with Crippen molar-refractivity contribution in [3.05, 3.63) is 58.1 Å². The highest BCUT2D eigenvalue weighted by Gasteiger charge is 2.15. The summed E-state index contributed by atoms with van der Waals surface area (Å²) in [5.41, 5.74) is 7.28. The summed E-state index contributed by atoms with van der Waals surface area (Å²) in [4.78, 5) is 13.6. The molecule has 2 aromatic rings. The predicted molar refractivity (Wildman–Crippen MR) is 82.0 cm³/mol. The van der Waals surface area contributed by atoms with Gasteiger partial charge in [-0.1, -0.05) is 22.0 Å². The summed E-state index contributed by atoms with van der Waals surface area (Å²) in [6, 6.07) is 8.58. The minimum Gasteiger partial charge on any atom is -0.397 e. The molecule has 0 heterocycles. The van der Waals surface area contributed by atoms with Crippen molar-refractivity contribution in [3.63, 3.8) is 0 Å². The minimum absolute atomic E-state index is 0.0385. The van der Waals surface area contributed by atoms with Gasteiger partial charge in [0.15, 0.2) is 11.6 Å². The van der Waals surface area contributed by atoms with E-state index in [1.807, 2.05) is 0 Å². The Morgan fingerprint density at radius 3 is 2.52 bits per heavy atom. The van der Waals surface area contributed by atoms with Crippen LogP contribution in [-0.4, -0.2) is 13.0 Å². The Balaban J connectivity index is 2.17. The van der Waals surface area contributed by atoms with Gasteiger partial charge < -0.3 is 10.6 Å². The number of halogens is 3. The number of rotatable bonds is 3. The van der Waals surface area contributed by atoms with Crippen molar-refractivity contribution in [3.8, 4) is 0 Å². The van der Waals surface area contributed by atoms with Gasteiger partial charge in [-0.25, -0.2) is 8.78 Å². The predicted octanol–water partition coefficient (Wildman–Crippen LogP) is 3.52. The van der Waals surface area contributed by atoms with E-state index in [2.05, 4.69) is 15.9 Å². The fraction of sp³-hybridized carbons (Fsp3) is 0.133. The summed E-state index contributed by atoms with van der Waals surface area (Å²) < 4.78 is 26.8. The molecule has 1 amide bonds. The molecule has 0 saturated heterocycles. The average molecular weight is 355 g/mol. The molecule has 2 N–H and O–H groups in total. The maximum Gasteiger partial charge on any atom is 0.231 e. The Bertz CT molecular complexity index is 691. The summed E-state index contributed by atoms with van der Waals surface area (Å²) in [6.07, 6.45) is -0.0385. The number of hydrogen-bond acceptors (Lipinski definition) is 2.